The van der Waals surface area contributed by atoms with Crippen molar-refractivity contribution in [2.45, 2.75) is 132 Å². The minimum absolute atomic E-state index is 0.0575. The number of alkyl halides is 6. The molecular formula is C40H49F7N6O9S. The van der Waals surface area contributed by atoms with Crippen LogP contribution in [0.5, 0.6) is 11.6 Å². The van der Waals surface area contributed by atoms with Crippen molar-refractivity contribution in [3.8, 4) is 11.6 Å². The summed E-state index contributed by atoms with van der Waals surface area (Å²) in [5.41, 5.74) is -7.32. The Labute approximate surface area is 358 Å². The van der Waals surface area contributed by atoms with Crippen molar-refractivity contribution in [1.82, 2.24) is 30.2 Å². The van der Waals surface area contributed by atoms with Gasteiger partial charge in [-0.25, -0.2) is 27.6 Å². The fourth-order valence-corrected chi connectivity index (χ4v) is 9.20. The maximum absolute atomic E-state index is 14.9. The number of amides is 4. The molecule has 2 aliphatic heterocycles. The molecule has 4 amide bonds. The van der Waals surface area contributed by atoms with Gasteiger partial charge in [0.05, 0.1) is 29.4 Å². The van der Waals surface area contributed by atoms with Gasteiger partial charge in [0.1, 0.15) is 23.7 Å². The van der Waals surface area contributed by atoms with Gasteiger partial charge >= 0.3 is 18.4 Å². The first-order valence-corrected chi connectivity index (χ1v) is 21.8. The summed E-state index contributed by atoms with van der Waals surface area (Å²) in [4.78, 5) is 64.9. The van der Waals surface area contributed by atoms with Crippen molar-refractivity contribution in [1.29, 1.82) is 0 Å². The molecule has 3 N–H and O–H groups in total. The Morgan fingerprint density at radius 2 is 1.71 bits per heavy atom. The molecule has 2 aromatic rings. The van der Waals surface area contributed by atoms with Gasteiger partial charge in [0.15, 0.2) is 11.6 Å². The highest BCUT2D eigenvalue weighted by molar-refractivity contribution is 7.91. The van der Waals surface area contributed by atoms with Crippen LogP contribution in [0.4, 0.5) is 35.5 Å². The maximum atomic E-state index is 14.9. The third-order valence-corrected chi connectivity index (χ3v) is 14.5. The van der Waals surface area contributed by atoms with Crippen molar-refractivity contribution >= 4 is 44.9 Å². The quantitative estimate of drug-likeness (QED) is 0.202. The molecule has 2 aliphatic carbocycles. The second kappa shape index (κ2) is 16.9. The van der Waals surface area contributed by atoms with Crippen LogP contribution in [0.3, 0.4) is 0 Å². The highest BCUT2D eigenvalue weighted by atomic mass is 32.2. The van der Waals surface area contributed by atoms with E-state index in [1.807, 2.05) is 6.92 Å². The summed E-state index contributed by atoms with van der Waals surface area (Å²) in [5.74, 6) is -7.33. The van der Waals surface area contributed by atoms with E-state index >= 15 is 0 Å². The number of carbonyl (C=O) groups is 4. The summed E-state index contributed by atoms with van der Waals surface area (Å²) < 4.78 is 142. The van der Waals surface area contributed by atoms with E-state index in [4.69, 9.17) is 14.2 Å². The molecule has 4 aliphatic rings. The summed E-state index contributed by atoms with van der Waals surface area (Å²) in [5, 5.41) is 4.88. The zero-order valence-electron chi connectivity index (χ0n) is 35.2. The monoisotopic (exact) mass is 922 g/mol. The molecule has 15 nitrogen and oxygen atoms in total. The lowest BCUT2D eigenvalue weighted by atomic mass is 9.85. The van der Waals surface area contributed by atoms with E-state index in [1.165, 1.54) is 6.92 Å². The molecule has 1 saturated heterocycles. The second-order valence-corrected chi connectivity index (χ2v) is 19.7. The van der Waals surface area contributed by atoms with Crippen molar-refractivity contribution < 1.29 is 72.5 Å². The SMILES string of the molecule is CCC1CC(C)CCC=CC2CC2(C(=O)NS(=O)(=O)C2(C)CC2)NC(=O)C2CC(Oc3nc4cc(OC)c(F)cc4nc3C(F)(F)F)CN2C(=O)C1NC(=O)OC(C)(C)C(F)(F)F. The Kier molecular flexibility index (Phi) is 12.7. The van der Waals surface area contributed by atoms with E-state index in [9.17, 15) is 58.3 Å². The topological polar surface area (TPSA) is 195 Å². The number of rotatable bonds is 9. The third-order valence-electron chi connectivity index (χ3n) is 12.4. The zero-order chi connectivity index (χ0) is 46.7. The standard InChI is InChI=1S/C40H49F7N6O9S/c1-7-21-14-20(2)10-8-9-11-22-18-38(22,34(56)52-63(58,59)37(5)12-13-37)51-31(54)27-15-23(19-53(27)33(55)29(21)50-35(57)62-36(3,4)40(45,46)47)61-32-30(39(42,43)44)48-25-16-24(41)28(60-6)17-26(25)49-32/h9,11,16-17,20-23,27,29H,7-8,10,12-15,18-19H2,1-6H3,(H,50,57)(H,51,54)(H,52,56). The van der Waals surface area contributed by atoms with Gasteiger partial charge in [-0.05, 0) is 71.1 Å². The number of allylic oxidation sites excluding steroid dienone is 1. The van der Waals surface area contributed by atoms with E-state index < -0.39 is 128 Å². The first kappa shape index (κ1) is 47.5. The molecule has 63 heavy (non-hydrogen) atoms. The fourth-order valence-electron chi connectivity index (χ4n) is 7.88. The van der Waals surface area contributed by atoms with Gasteiger partial charge in [-0.15, -0.1) is 0 Å². The molecule has 7 atom stereocenters. The summed E-state index contributed by atoms with van der Waals surface area (Å²) in [7, 11) is -3.10. The van der Waals surface area contributed by atoms with Crippen LogP contribution in [0.2, 0.25) is 0 Å². The Bertz CT molecular complexity index is 2290. The summed E-state index contributed by atoms with van der Waals surface area (Å²) in [6, 6.07) is -1.68. The lowest BCUT2D eigenvalue weighted by molar-refractivity contribution is -0.244. The van der Waals surface area contributed by atoms with Gasteiger partial charge in [0.2, 0.25) is 39.0 Å². The van der Waals surface area contributed by atoms with Crippen molar-refractivity contribution in [3.63, 3.8) is 0 Å². The van der Waals surface area contributed by atoms with Gasteiger partial charge in [-0.1, -0.05) is 32.4 Å². The second-order valence-electron chi connectivity index (χ2n) is 17.5. The molecule has 348 valence electrons. The van der Waals surface area contributed by atoms with Crippen LogP contribution in [0.1, 0.15) is 91.7 Å². The van der Waals surface area contributed by atoms with Crippen molar-refractivity contribution in [2.75, 3.05) is 13.7 Å². The van der Waals surface area contributed by atoms with Gasteiger partial charge in [0, 0.05) is 24.5 Å². The number of nitrogens with one attached hydrogen (secondary N) is 3. The van der Waals surface area contributed by atoms with E-state index in [-0.39, 0.29) is 49.3 Å². The normalized spacial score (nSPS) is 27.9. The van der Waals surface area contributed by atoms with Crippen LogP contribution in [0.15, 0.2) is 24.3 Å². The van der Waals surface area contributed by atoms with E-state index in [0.29, 0.717) is 32.8 Å². The highest BCUT2D eigenvalue weighted by Crippen LogP contribution is 2.48. The van der Waals surface area contributed by atoms with Gasteiger partial charge in [-0.3, -0.25) is 19.1 Å². The predicted molar refractivity (Wildman–Crippen MR) is 209 cm³/mol. The molecule has 0 spiro atoms. The number of nitrogens with zero attached hydrogens (tertiary/aromatic N) is 3. The molecule has 2 saturated carbocycles. The Hall–Kier alpha value is -4.96. The number of benzene rings is 1. The first-order chi connectivity index (χ1) is 29.1. The van der Waals surface area contributed by atoms with Crippen LogP contribution < -0.4 is 24.8 Å². The number of methoxy groups -OCH3 is 1. The number of aromatic nitrogens is 2. The number of halogens is 7. The average molecular weight is 923 g/mol. The number of hydrogen-bond donors (Lipinski definition) is 3. The minimum Gasteiger partial charge on any atom is -0.494 e. The predicted octanol–water partition coefficient (Wildman–Crippen LogP) is 5.86. The lowest BCUT2D eigenvalue weighted by Crippen LogP contribution is -2.60. The molecule has 1 aromatic heterocycles. The number of hydrogen-bond acceptors (Lipinski definition) is 11. The molecular weight excluding hydrogens is 874 g/mol. The molecule has 3 heterocycles. The molecule has 0 bridgehead atoms. The van der Waals surface area contributed by atoms with Crippen LogP contribution in [0, 0.1) is 23.6 Å². The number of fused-ring (bicyclic) bond motifs is 3. The van der Waals surface area contributed by atoms with Crippen LogP contribution in [0.25, 0.3) is 11.0 Å². The van der Waals surface area contributed by atoms with Crippen molar-refractivity contribution in [2.24, 2.45) is 17.8 Å². The highest BCUT2D eigenvalue weighted by Gasteiger charge is 2.63. The summed E-state index contributed by atoms with van der Waals surface area (Å²) in [6.07, 6.45) is -8.65. The van der Waals surface area contributed by atoms with Crippen LogP contribution >= 0.6 is 0 Å². The largest absolute Gasteiger partial charge is 0.494 e. The number of carbonyl (C=O) groups excluding carboxylic acids is 4. The van der Waals surface area contributed by atoms with Gasteiger partial charge < -0.3 is 29.7 Å². The Balaban J connectivity index is 1.41. The molecule has 0 radical (unpaired) electrons. The summed E-state index contributed by atoms with van der Waals surface area (Å²) >= 11 is 0. The number of alkyl carbamates (subject to hydrolysis) is 1. The minimum atomic E-state index is -5.22. The van der Waals surface area contributed by atoms with Crippen LogP contribution in [-0.2, 0) is 35.3 Å². The Morgan fingerprint density at radius 3 is 2.32 bits per heavy atom. The molecule has 1 aromatic carbocycles. The van der Waals surface area contributed by atoms with Gasteiger partial charge in [0.25, 0.3) is 5.91 Å². The molecule has 6 rings (SSSR count). The first-order valence-electron chi connectivity index (χ1n) is 20.4. The Morgan fingerprint density at radius 1 is 1.05 bits per heavy atom. The fraction of sp³-hybridized carbons (Fsp3) is 0.650. The molecule has 3 fully saturated rings. The smallest absolute Gasteiger partial charge is 0.438 e. The zero-order valence-corrected chi connectivity index (χ0v) is 36.0. The number of ether oxygens (including phenoxy) is 3. The van der Waals surface area contributed by atoms with Crippen molar-refractivity contribution in [3.05, 3.63) is 35.8 Å². The lowest BCUT2D eigenvalue weighted by Gasteiger charge is -2.35. The third kappa shape index (κ3) is 9.76. The summed E-state index contributed by atoms with van der Waals surface area (Å²) in [6.45, 7) is 5.51. The molecule has 7 unspecified atom stereocenters. The molecule has 23 heteroatoms. The van der Waals surface area contributed by atoms with E-state index in [1.54, 1.807) is 19.1 Å². The van der Waals surface area contributed by atoms with Crippen LogP contribution in [-0.4, -0.2) is 101 Å². The van der Waals surface area contributed by atoms with Gasteiger partial charge in [-0.2, -0.15) is 26.3 Å². The maximum Gasteiger partial charge on any atom is 0.438 e. The average Bonchev–Trinajstić information content (AvgIpc) is 4.06. The van der Waals surface area contributed by atoms with E-state index in [2.05, 4.69) is 25.3 Å². The van der Waals surface area contributed by atoms with E-state index in [0.717, 1.165) is 18.1 Å². The number of sulfonamides is 1.